The Labute approximate surface area is 96.5 Å². The van der Waals surface area contributed by atoms with Crippen molar-refractivity contribution in [3.63, 3.8) is 0 Å². The lowest BCUT2D eigenvalue weighted by molar-refractivity contribution is -0.106. The summed E-state index contributed by atoms with van der Waals surface area (Å²) in [6.07, 6.45) is -6.14. The van der Waals surface area contributed by atoms with Crippen LogP contribution in [0.25, 0.3) is 0 Å². The number of Topliss-reactive ketones (excluding diaryl/α,β-unsaturated/α-hetero) is 1. The van der Waals surface area contributed by atoms with Crippen molar-refractivity contribution in [1.29, 1.82) is 0 Å². The molecule has 0 aromatic carbocycles. The van der Waals surface area contributed by atoms with Crippen molar-refractivity contribution in [3.05, 3.63) is 24.2 Å². The molecule has 7 heteroatoms. The summed E-state index contributed by atoms with van der Waals surface area (Å²) in [5.41, 5.74) is 0. The molecular formula is C10H14O7. The van der Waals surface area contributed by atoms with E-state index >= 15 is 0 Å². The Morgan fingerprint density at radius 1 is 1.24 bits per heavy atom. The Balaban J connectivity index is 2.69. The van der Waals surface area contributed by atoms with E-state index in [2.05, 4.69) is 0 Å². The van der Waals surface area contributed by atoms with E-state index in [1.165, 1.54) is 18.4 Å². The SMILES string of the molecule is O=C(c1ccco1)[C@@H](O)[C@H](O)[C@H](O)[C@H](O)CO. The maximum Gasteiger partial charge on any atom is 0.229 e. The predicted octanol–water partition coefficient (Wildman–Crippen LogP) is -2.10. The molecule has 96 valence electrons. The van der Waals surface area contributed by atoms with Gasteiger partial charge in [0.1, 0.15) is 24.4 Å². The van der Waals surface area contributed by atoms with E-state index in [1.807, 2.05) is 0 Å². The van der Waals surface area contributed by atoms with Crippen molar-refractivity contribution in [2.75, 3.05) is 6.61 Å². The van der Waals surface area contributed by atoms with Crippen LogP contribution in [-0.4, -0.2) is 62.3 Å². The average Bonchev–Trinajstić information content (AvgIpc) is 2.87. The summed E-state index contributed by atoms with van der Waals surface area (Å²) < 4.78 is 4.72. The monoisotopic (exact) mass is 246 g/mol. The molecule has 0 aliphatic heterocycles. The summed E-state index contributed by atoms with van der Waals surface area (Å²) in [7, 11) is 0. The minimum atomic E-state index is -1.95. The molecule has 0 aliphatic rings. The van der Waals surface area contributed by atoms with Gasteiger partial charge in [0, 0.05) is 0 Å². The molecule has 0 fully saturated rings. The zero-order valence-electron chi connectivity index (χ0n) is 8.80. The van der Waals surface area contributed by atoms with E-state index in [0.29, 0.717) is 0 Å². The fraction of sp³-hybridized carbons (Fsp3) is 0.500. The number of ketones is 1. The standard InChI is InChI=1S/C10H14O7/c11-4-5(12)7(13)9(15)10(16)8(14)6-2-1-3-17-6/h1-3,5,7,9-13,15-16H,4H2/t5-,7-,9-,10-/m1/s1. The number of hydrogen-bond donors (Lipinski definition) is 5. The van der Waals surface area contributed by atoms with Crippen LogP contribution in [0.3, 0.4) is 0 Å². The van der Waals surface area contributed by atoms with E-state index in [9.17, 15) is 20.1 Å². The van der Waals surface area contributed by atoms with E-state index in [4.69, 9.17) is 14.6 Å². The van der Waals surface area contributed by atoms with Crippen LogP contribution in [0, 0.1) is 0 Å². The highest BCUT2D eigenvalue weighted by Crippen LogP contribution is 2.11. The molecule has 0 aliphatic carbocycles. The number of aliphatic hydroxyl groups excluding tert-OH is 5. The molecule has 1 aromatic rings. The first-order valence-electron chi connectivity index (χ1n) is 4.90. The molecule has 0 saturated heterocycles. The normalized spacial score (nSPS) is 18.4. The van der Waals surface area contributed by atoms with Crippen LogP contribution >= 0.6 is 0 Å². The summed E-state index contributed by atoms with van der Waals surface area (Å²) in [5, 5.41) is 45.8. The van der Waals surface area contributed by atoms with Crippen LogP contribution in [0.5, 0.6) is 0 Å². The van der Waals surface area contributed by atoms with E-state index in [-0.39, 0.29) is 5.76 Å². The Morgan fingerprint density at radius 3 is 2.35 bits per heavy atom. The molecule has 0 bridgehead atoms. The van der Waals surface area contributed by atoms with Crippen molar-refractivity contribution in [3.8, 4) is 0 Å². The fourth-order valence-electron chi connectivity index (χ4n) is 1.24. The largest absolute Gasteiger partial charge is 0.461 e. The van der Waals surface area contributed by atoms with Gasteiger partial charge in [-0.25, -0.2) is 0 Å². The van der Waals surface area contributed by atoms with E-state index in [0.717, 1.165) is 0 Å². The number of carbonyl (C=O) groups excluding carboxylic acids is 1. The molecular weight excluding hydrogens is 232 g/mol. The van der Waals surface area contributed by atoms with Crippen LogP contribution in [0.2, 0.25) is 0 Å². The lowest BCUT2D eigenvalue weighted by Gasteiger charge is -2.24. The van der Waals surface area contributed by atoms with Gasteiger partial charge in [0.05, 0.1) is 12.9 Å². The Morgan fingerprint density at radius 2 is 1.88 bits per heavy atom. The number of carbonyl (C=O) groups is 1. The number of furan rings is 1. The highest BCUT2D eigenvalue weighted by Gasteiger charge is 2.35. The second-order valence-electron chi connectivity index (χ2n) is 3.52. The van der Waals surface area contributed by atoms with Crippen LogP contribution in [0.15, 0.2) is 22.8 Å². The third kappa shape index (κ3) is 3.11. The van der Waals surface area contributed by atoms with Gasteiger partial charge in [0.15, 0.2) is 5.76 Å². The Kier molecular flexibility index (Phi) is 4.79. The molecule has 0 radical (unpaired) electrons. The van der Waals surface area contributed by atoms with Crippen LogP contribution in [0.1, 0.15) is 10.6 Å². The van der Waals surface area contributed by atoms with Gasteiger partial charge in [-0.05, 0) is 12.1 Å². The van der Waals surface area contributed by atoms with Crippen molar-refractivity contribution >= 4 is 5.78 Å². The molecule has 5 N–H and O–H groups in total. The minimum absolute atomic E-state index is 0.178. The van der Waals surface area contributed by atoms with Crippen molar-refractivity contribution in [1.82, 2.24) is 0 Å². The smallest absolute Gasteiger partial charge is 0.229 e. The summed E-state index contributed by atoms with van der Waals surface area (Å²) in [6, 6.07) is 2.71. The van der Waals surface area contributed by atoms with Crippen LogP contribution in [-0.2, 0) is 0 Å². The molecule has 1 rings (SSSR count). The zero-order valence-corrected chi connectivity index (χ0v) is 8.80. The second-order valence-corrected chi connectivity index (χ2v) is 3.52. The van der Waals surface area contributed by atoms with E-state index in [1.54, 1.807) is 0 Å². The van der Waals surface area contributed by atoms with Gasteiger partial charge < -0.3 is 29.9 Å². The van der Waals surface area contributed by atoms with E-state index < -0.39 is 36.8 Å². The van der Waals surface area contributed by atoms with Crippen LogP contribution < -0.4 is 0 Å². The fourth-order valence-corrected chi connectivity index (χ4v) is 1.24. The molecule has 4 atom stereocenters. The first-order valence-corrected chi connectivity index (χ1v) is 4.90. The van der Waals surface area contributed by atoms with Crippen molar-refractivity contribution in [2.24, 2.45) is 0 Å². The Bertz CT molecular complexity index is 348. The highest BCUT2D eigenvalue weighted by molar-refractivity contribution is 5.97. The first kappa shape index (κ1) is 13.8. The van der Waals surface area contributed by atoms with Gasteiger partial charge in [0.2, 0.25) is 5.78 Å². The quantitative estimate of drug-likeness (QED) is 0.363. The number of hydrogen-bond acceptors (Lipinski definition) is 7. The average molecular weight is 246 g/mol. The van der Waals surface area contributed by atoms with Gasteiger partial charge in [-0.2, -0.15) is 0 Å². The van der Waals surface area contributed by atoms with Crippen molar-refractivity contribution in [2.45, 2.75) is 24.4 Å². The maximum absolute atomic E-state index is 11.5. The third-order valence-corrected chi connectivity index (χ3v) is 2.29. The van der Waals surface area contributed by atoms with Gasteiger partial charge in [-0.1, -0.05) is 0 Å². The first-order chi connectivity index (χ1) is 7.99. The summed E-state index contributed by atoms with van der Waals surface area (Å²) in [5.74, 6) is -1.10. The third-order valence-electron chi connectivity index (χ3n) is 2.29. The summed E-state index contributed by atoms with van der Waals surface area (Å²) in [6.45, 7) is -0.806. The molecule has 0 unspecified atom stereocenters. The van der Waals surface area contributed by atoms with Gasteiger partial charge in [-0.15, -0.1) is 0 Å². The second kappa shape index (κ2) is 5.89. The highest BCUT2D eigenvalue weighted by atomic mass is 16.4. The number of rotatable bonds is 6. The van der Waals surface area contributed by atoms with Gasteiger partial charge in [-0.3, -0.25) is 4.79 Å². The lowest BCUT2D eigenvalue weighted by atomic mass is 9.99. The van der Waals surface area contributed by atoms with Gasteiger partial charge in [0.25, 0.3) is 0 Å². The molecule has 7 nitrogen and oxygen atoms in total. The molecule has 1 aromatic heterocycles. The molecule has 0 amide bonds. The van der Waals surface area contributed by atoms with Crippen molar-refractivity contribution < 1.29 is 34.7 Å². The lowest BCUT2D eigenvalue weighted by Crippen LogP contribution is -2.48. The summed E-state index contributed by atoms with van der Waals surface area (Å²) in [4.78, 5) is 11.5. The van der Waals surface area contributed by atoms with Crippen LogP contribution in [0.4, 0.5) is 0 Å². The zero-order chi connectivity index (χ0) is 13.0. The number of aliphatic hydroxyl groups is 5. The molecule has 0 spiro atoms. The maximum atomic E-state index is 11.5. The summed E-state index contributed by atoms with van der Waals surface area (Å²) >= 11 is 0. The molecule has 1 heterocycles. The molecule has 0 saturated carbocycles. The Hall–Kier alpha value is -1.25. The minimum Gasteiger partial charge on any atom is -0.461 e. The predicted molar refractivity (Wildman–Crippen MR) is 54.2 cm³/mol. The van der Waals surface area contributed by atoms with Gasteiger partial charge >= 0.3 is 0 Å². The topological polar surface area (TPSA) is 131 Å². The molecule has 17 heavy (non-hydrogen) atoms.